The van der Waals surface area contributed by atoms with Crippen LogP contribution < -0.4 is 0 Å². The van der Waals surface area contributed by atoms with Crippen molar-refractivity contribution in [2.75, 3.05) is 19.0 Å². The highest BCUT2D eigenvalue weighted by atomic mass is 32.2. The van der Waals surface area contributed by atoms with Gasteiger partial charge in [-0.05, 0) is 5.92 Å². The summed E-state index contributed by atoms with van der Waals surface area (Å²) in [6.07, 6.45) is -4.42. The summed E-state index contributed by atoms with van der Waals surface area (Å²) in [5, 5.41) is 7.71. The van der Waals surface area contributed by atoms with Gasteiger partial charge in [-0.3, -0.25) is 9.00 Å². The van der Waals surface area contributed by atoms with E-state index in [2.05, 4.69) is 4.74 Å². The molecule has 0 fully saturated rings. The highest BCUT2D eigenvalue weighted by Gasteiger charge is 2.29. The number of aliphatic carboxylic acids is 1. The van der Waals surface area contributed by atoms with Gasteiger partial charge in [-0.1, -0.05) is 13.8 Å². The minimum Gasteiger partial charge on any atom is -0.480 e. The third-order valence-electron chi connectivity index (χ3n) is 1.83. The fraction of sp³-hybridized carbons (Fsp3) is 0.889. The van der Waals surface area contributed by atoms with Crippen LogP contribution in [0.4, 0.5) is 13.2 Å². The molecule has 1 N–H and O–H groups in total. The van der Waals surface area contributed by atoms with E-state index in [0.717, 1.165) is 0 Å². The van der Waals surface area contributed by atoms with Gasteiger partial charge in [0.1, 0.15) is 11.9 Å². The summed E-state index contributed by atoms with van der Waals surface area (Å²) in [6, 6.07) is 0. The maximum Gasteiger partial charge on any atom is 0.411 e. The quantitative estimate of drug-likeness (QED) is 0.714. The van der Waals surface area contributed by atoms with E-state index in [1.54, 1.807) is 13.8 Å². The van der Waals surface area contributed by atoms with Gasteiger partial charge in [-0.25, -0.2) is 0 Å². The van der Waals surface area contributed by atoms with Crippen molar-refractivity contribution < 1.29 is 32.0 Å². The van der Waals surface area contributed by atoms with E-state index in [4.69, 9.17) is 5.11 Å². The van der Waals surface area contributed by atoms with Gasteiger partial charge in [0.15, 0.2) is 0 Å². The predicted molar refractivity (Wildman–Crippen MR) is 56.1 cm³/mol. The van der Waals surface area contributed by atoms with Crippen LogP contribution in [0.5, 0.6) is 0 Å². The van der Waals surface area contributed by atoms with Crippen molar-refractivity contribution in [3.8, 4) is 0 Å². The lowest BCUT2D eigenvalue weighted by molar-refractivity contribution is -0.172. The van der Waals surface area contributed by atoms with E-state index in [9.17, 15) is 22.2 Å². The zero-order valence-electron chi connectivity index (χ0n) is 9.49. The fourth-order valence-corrected chi connectivity index (χ4v) is 2.53. The van der Waals surface area contributed by atoms with Crippen LogP contribution in [0.25, 0.3) is 0 Å². The van der Waals surface area contributed by atoms with Gasteiger partial charge >= 0.3 is 12.1 Å². The molecule has 0 spiro atoms. The van der Waals surface area contributed by atoms with Crippen LogP contribution in [0, 0.1) is 5.92 Å². The van der Waals surface area contributed by atoms with E-state index in [1.807, 2.05) is 0 Å². The maximum absolute atomic E-state index is 11.7. The van der Waals surface area contributed by atoms with Gasteiger partial charge in [-0.2, -0.15) is 13.2 Å². The molecule has 0 aromatic heterocycles. The monoisotopic (exact) mass is 276 g/mol. The Kier molecular flexibility index (Phi) is 6.69. The summed E-state index contributed by atoms with van der Waals surface area (Å²) in [5.41, 5.74) is 0. The minimum atomic E-state index is -4.42. The van der Waals surface area contributed by atoms with Crippen molar-refractivity contribution in [1.82, 2.24) is 0 Å². The fourth-order valence-electron chi connectivity index (χ4n) is 1.16. The lowest BCUT2D eigenvalue weighted by atomic mass is 10.1. The number of hydrogen-bond donors (Lipinski definition) is 1. The second-order valence-electron chi connectivity index (χ2n) is 3.76. The predicted octanol–water partition coefficient (Wildman–Crippen LogP) is 1.42. The molecule has 0 aliphatic carbocycles. The van der Waals surface area contributed by atoms with E-state index >= 15 is 0 Å². The Labute approximate surface area is 99.6 Å². The van der Waals surface area contributed by atoms with Crippen LogP contribution in [0.3, 0.4) is 0 Å². The molecule has 0 aliphatic rings. The molecule has 17 heavy (non-hydrogen) atoms. The Bertz CT molecular complexity index is 278. The number of rotatable bonds is 7. The molecule has 2 unspecified atom stereocenters. The van der Waals surface area contributed by atoms with Crippen LogP contribution in [0.1, 0.15) is 13.8 Å². The molecule has 0 aromatic rings. The zero-order valence-corrected chi connectivity index (χ0v) is 10.3. The molecule has 0 bridgehead atoms. The number of alkyl halides is 3. The molecule has 0 heterocycles. The zero-order chi connectivity index (χ0) is 13.6. The molecule has 4 nitrogen and oxygen atoms in total. The average Bonchev–Trinajstić information content (AvgIpc) is 2.09. The maximum atomic E-state index is 11.7. The number of hydrogen-bond acceptors (Lipinski definition) is 3. The highest BCUT2D eigenvalue weighted by molar-refractivity contribution is 7.86. The molecule has 102 valence electrons. The van der Waals surface area contributed by atoms with Gasteiger partial charge in [0.05, 0.1) is 6.61 Å². The molecule has 8 heteroatoms. The molecule has 0 rings (SSSR count). The third-order valence-corrected chi connectivity index (χ3v) is 3.71. The van der Waals surface area contributed by atoms with Gasteiger partial charge in [0.2, 0.25) is 0 Å². The molecular formula is C9H15F3O4S. The second-order valence-corrected chi connectivity index (χ2v) is 5.43. The van der Waals surface area contributed by atoms with Gasteiger partial charge in [0.25, 0.3) is 0 Å². The molecule has 0 saturated carbocycles. The van der Waals surface area contributed by atoms with E-state index < -0.39 is 34.8 Å². The standard InChI is InChI=1S/C9H15F3O4S/c1-6(2)7(8(13)14)17(15)4-3-16-5-9(10,11)12/h6-7H,3-5H2,1-2H3,(H,13,14). The largest absolute Gasteiger partial charge is 0.480 e. The first-order valence-corrected chi connectivity index (χ1v) is 6.28. The number of carboxylic acid groups (broad SMARTS) is 1. The Morgan fingerprint density at radius 3 is 2.29 bits per heavy atom. The van der Waals surface area contributed by atoms with E-state index in [0.29, 0.717) is 0 Å². The van der Waals surface area contributed by atoms with Crippen molar-refractivity contribution in [3.05, 3.63) is 0 Å². The molecule has 0 aliphatic heterocycles. The topological polar surface area (TPSA) is 63.6 Å². The van der Waals surface area contributed by atoms with Crippen LogP contribution >= 0.6 is 0 Å². The lowest BCUT2D eigenvalue weighted by Crippen LogP contribution is -2.33. The van der Waals surface area contributed by atoms with Crippen LogP contribution in [0.2, 0.25) is 0 Å². The Balaban J connectivity index is 4.04. The SMILES string of the molecule is CC(C)C(C(=O)O)S(=O)CCOCC(F)(F)F. The van der Waals surface area contributed by atoms with E-state index in [-0.39, 0.29) is 18.3 Å². The van der Waals surface area contributed by atoms with Crippen LogP contribution in [-0.4, -0.2) is 45.7 Å². The summed E-state index contributed by atoms with van der Waals surface area (Å²) in [4.78, 5) is 10.8. The molecule has 2 atom stereocenters. The van der Waals surface area contributed by atoms with Crippen molar-refractivity contribution >= 4 is 16.8 Å². The van der Waals surface area contributed by atoms with Gasteiger partial charge in [-0.15, -0.1) is 0 Å². The third kappa shape index (κ3) is 7.32. The highest BCUT2D eigenvalue weighted by Crippen LogP contribution is 2.15. The second kappa shape index (κ2) is 6.95. The first-order chi connectivity index (χ1) is 7.65. The van der Waals surface area contributed by atoms with Crippen LogP contribution in [0.15, 0.2) is 0 Å². The molecule has 0 aromatic carbocycles. The molecule has 0 radical (unpaired) electrons. The van der Waals surface area contributed by atoms with Gasteiger partial charge < -0.3 is 9.84 Å². The average molecular weight is 276 g/mol. The number of carbonyl (C=O) groups is 1. The smallest absolute Gasteiger partial charge is 0.411 e. The first kappa shape index (κ1) is 16.4. The number of ether oxygens (including phenoxy) is 1. The number of carboxylic acids is 1. The number of halogens is 3. The summed E-state index contributed by atoms with van der Waals surface area (Å²) in [6.45, 7) is 1.40. The Morgan fingerprint density at radius 1 is 1.41 bits per heavy atom. The van der Waals surface area contributed by atoms with Crippen molar-refractivity contribution in [2.45, 2.75) is 25.3 Å². The molecule has 0 saturated heterocycles. The summed E-state index contributed by atoms with van der Waals surface area (Å²) in [5.74, 6) is -1.78. The summed E-state index contributed by atoms with van der Waals surface area (Å²) >= 11 is 0. The van der Waals surface area contributed by atoms with Crippen molar-refractivity contribution in [3.63, 3.8) is 0 Å². The molecular weight excluding hydrogens is 261 g/mol. The molecule has 0 amide bonds. The van der Waals surface area contributed by atoms with Crippen LogP contribution in [-0.2, 0) is 20.3 Å². The Morgan fingerprint density at radius 2 is 1.94 bits per heavy atom. The summed E-state index contributed by atoms with van der Waals surface area (Å²) < 4.78 is 50.9. The summed E-state index contributed by atoms with van der Waals surface area (Å²) in [7, 11) is -1.74. The lowest BCUT2D eigenvalue weighted by Gasteiger charge is -2.15. The van der Waals surface area contributed by atoms with Crippen molar-refractivity contribution in [1.29, 1.82) is 0 Å². The van der Waals surface area contributed by atoms with Crippen molar-refractivity contribution in [2.24, 2.45) is 5.92 Å². The van der Waals surface area contributed by atoms with Gasteiger partial charge in [0, 0.05) is 16.6 Å². The van der Waals surface area contributed by atoms with E-state index in [1.165, 1.54) is 0 Å². The minimum absolute atomic E-state index is 0.217. The Hall–Kier alpha value is -0.630. The normalized spacial score (nSPS) is 15.9. The first-order valence-electron chi connectivity index (χ1n) is 4.89.